The van der Waals surface area contributed by atoms with Crippen molar-refractivity contribution in [2.45, 2.75) is 53.0 Å². The minimum absolute atomic E-state index is 0.0135. The van der Waals surface area contributed by atoms with E-state index in [4.69, 9.17) is 0 Å². The molecule has 2 unspecified atom stereocenters. The molecule has 1 aliphatic rings. The Balaban J connectivity index is 2.56. The SMILES string of the molecule is CC1CCCN(C(=O)NCCC(C)(C)C)C1C(=O)O. The van der Waals surface area contributed by atoms with E-state index in [1.54, 1.807) is 0 Å². The highest BCUT2D eigenvalue weighted by Crippen LogP contribution is 2.23. The molecule has 1 aliphatic heterocycles. The fraction of sp³-hybridized carbons (Fsp3) is 0.857. The number of hydrogen-bond donors (Lipinski definition) is 2. The highest BCUT2D eigenvalue weighted by atomic mass is 16.4. The van der Waals surface area contributed by atoms with Crippen LogP contribution in [0.25, 0.3) is 0 Å². The maximum Gasteiger partial charge on any atom is 0.326 e. The number of carboxylic acid groups (broad SMARTS) is 1. The van der Waals surface area contributed by atoms with Crippen molar-refractivity contribution in [3.8, 4) is 0 Å². The van der Waals surface area contributed by atoms with Gasteiger partial charge in [0.2, 0.25) is 0 Å². The van der Waals surface area contributed by atoms with E-state index < -0.39 is 12.0 Å². The largest absolute Gasteiger partial charge is 0.480 e. The number of hydrogen-bond acceptors (Lipinski definition) is 2. The normalized spacial score (nSPS) is 24.1. The first kappa shape index (κ1) is 15.8. The number of carbonyl (C=O) groups excluding carboxylic acids is 1. The van der Waals surface area contributed by atoms with Gasteiger partial charge in [-0.1, -0.05) is 27.7 Å². The highest BCUT2D eigenvalue weighted by molar-refractivity contribution is 5.83. The molecule has 1 rings (SSSR count). The minimum Gasteiger partial charge on any atom is -0.480 e. The van der Waals surface area contributed by atoms with Crippen LogP contribution in [0.2, 0.25) is 0 Å². The van der Waals surface area contributed by atoms with Gasteiger partial charge in [-0.15, -0.1) is 0 Å². The Hall–Kier alpha value is -1.26. The van der Waals surface area contributed by atoms with E-state index in [-0.39, 0.29) is 17.4 Å². The molecule has 19 heavy (non-hydrogen) atoms. The van der Waals surface area contributed by atoms with E-state index >= 15 is 0 Å². The Kier molecular flexibility index (Phi) is 5.20. The first-order valence-corrected chi connectivity index (χ1v) is 6.99. The predicted molar refractivity (Wildman–Crippen MR) is 74.0 cm³/mol. The fourth-order valence-corrected chi connectivity index (χ4v) is 2.44. The lowest BCUT2D eigenvalue weighted by Gasteiger charge is -2.37. The van der Waals surface area contributed by atoms with Crippen LogP contribution in [0, 0.1) is 11.3 Å². The molecular formula is C14H26N2O3. The van der Waals surface area contributed by atoms with Crippen molar-refractivity contribution in [1.82, 2.24) is 10.2 Å². The van der Waals surface area contributed by atoms with Gasteiger partial charge in [0, 0.05) is 13.1 Å². The zero-order valence-corrected chi connectivity index (χ0v) is 12.4. The van der Waals surface area contributed by atoms with Crippen molar-refractivity contribution >= 4 is 12.0 Å². The number of carbonyl (C=O) groups is 2. The van der Waals surface area contributed by atoms with Gasteiger partial charge in [0.1, 0.15) is 6.04 Å². The molecule has 0 spiro atoms. The van der Waals surface area contributed by atoms with Crippen LogP contribution in [0.1, 0.15) is 47.0 Å². The third-order valence-electron chi connectivity index (χ3n) is 3.60. The second-order valence-electron chi connectivity index (χ2n) is 6.64. The van der Waals surface area contributed by atoms with Crippen LogP contribution in [-0.2, 0) is 4.79 Å². The molecular weight excluding hydrogens is 244 g/mol. The quantitative estimate of drug-likeness (QED) is 0.827. The molecule has 110 valence electrons. The number of likely N-dealkylation sites (tertiary alicyclic amines) is 1. The summed E-state index contributed by atoms with van der Waals surface area (Å²) in [5, 5.41) is 12.1. The zero-order chi connectivity index (χ0) is 14.6. The minimum atomic E-state index is -0.904. The Bertz CT molecular complexity index is 336. The molecule has 0 saturated carbocycles. The Morgan fingerprint density at radius 1 is 1.37 bits per heavy atom. The van der Waals surface area contributed by atoms with Crippen LogP contribution in [-0.4, -0.2) is 41.1 Å². The van der Waals surface area contributed by atoms with Crippen molar-refractivity contribution in [2.24, 2.45) is 11.3 Å². The van der Waals surface area contributed by atoms with Crippen LogP contribution in [0.15, 0.2) is 0 Å². The van der Waals surface area contributed by atoms with E-state index in [0.717, 1.165) is 19.3 Å². The number of urea groups is 1. The number of rotatable bonds is 3. The summed E-state index contributed by atoms with van der Waals surface area (Å²) in [5.41, 5.74) is 0.161. The smallest absolute Gasteiger partial charge is 0.326 e. The molecule has 0 aromatic heterocycles. The van der Waals surface area contributed by atoms with E-state index in [2.05, 4.69) is 26.1 Å². The molecule has 0 bridgehead atoms. The van der Waals surface area contributed by atoms with Crippen LogP contribution >= 0.6 is 0 Å². The van der Waals surface area contributed by atoms with Gasteiger partial charge in [0.05, 0.1) is 0 Å². The number of amides is 2. The van der Waals surface area contributed by atoms with E-state index in [1.165, 1.54) is 4.90 Å². The van der Waals surface area contributed by atoms with E-state index in [0.29, 0.717) is 13.1 Å². The Morgan fingerprint density at radius 3 is 2.53 bits per heavy atom. The summed E-state index contributed by atoms with van der Waals surface area (Å²) >= 11 is 0. The molecule has 2 amide bonds. The van der Waals surface area contributed by atoms with Crippen LogP contribution < -0.4 is 5.32 Å². The lowest BCUT2D eigenvalue weighted by Crippen LogP contribution is -2.55. The summed E-state index contributed by atoms with van der Waals surface area (Å²) in [4.78, 5) is 24.9. The molecule has 2 atom stereocenters. The van der Waals surface area contributed by atoms with Crippen LogP contribution in [0.5, 0.6) is 0 Å². The monoisotopic (exact) mass is 270 g/mol. The molecule has 0 radical (unpaired) electrons. The zero-order valence-electron chi connectivity index (χ0n) is 12.4. The van der Waals surface area contributed by atoms with Gasteiger partial charge in [-0.05, 0) is 30.6 Å². The van der Waals surface area contributed by atoms with Gasteiger partial charge in [0.25, 0.3) is 0 Å². The van der Waals surface area contributed by atoms with Crippen molar-refractivity contribution < 1.29 is 14.7 Å². The second kappa shape index (κ2) is 6.26. The van der Waals surface area contributed by atoms with Gasteiger partial charge in [-0.25, -0.2) is 9.59 Å². The average molecular weight is 270 g/mol. The summed E-state index contributed by atoms with van der Waals surface area (Å²) in [5.74, 6) is -0.891. The van der Waals surface area contributed by atoms with Crippen molar-refractivity contribution in [1.29, 1.82) is 0 Å². The molecule has 2 N–H and O–H groups in total. The van der Waals surface area contributed by atoms with Gasteiger partial charge in [0.15, 0.2) is 0 Å². The Morgan fingerprint density at radius 2 is 2.00 bits per heavy atom. The van der Waals surface area contributed by atoms with Crippen molar-refractivity contribution in [3.05, 3.63) is 0 Å². The average Bonchev–Trinajstić information content (AvgIpc) is 2.26. The van der Waals surface area contributed by atoms with Gasteiger partial charge < -0.3 is 15.3 Å². The number of aliphatic carboxylic acids is 1. The van der Waals surface area contributed by atoms with Crippen molar-refractivity contribution in [3.63, 3.8) is 0 Å². The summed E-state index contributed by atoms with van der Waals surface area (Å²) in [6, 6.07) is -0.938. The maximum atomic E-state index is 12.1. The molecule has 1 heterocycles. The molecule has 5 heteroatoms. The fourth-order valence-electron chi connectivity index (χ4n) is 2.44. The van der Waals surface area contributed by atoms with Gasteiger partial charge in [-0.2, -0.15) is 0 Å². The Labute approximate surface area is 115 Å². The summed E-state index contributed by atoms with van der Waals surface area (Å²) in [6.07, 6.45) is 2.61. The predicted octanol–water partition coefficient (Wildman–Crippen LogP) is 2.32. The summed E-state index contributed by atoms with van der Waals surface area (Å²) in [7, 11) is 0. The van der Waals surface area contributed by atoms with Gasteiger partial charge >= 0.3 is 12.0 Å². The maximum absolute atomic E-state index is 12.1. The standard InChI is InChI=1S/C14H26N2O3/c1-10-6-5-9-16(11(10)12(17)18)13(19)15-8-7-14(2,3)4/h10-11H,5-9H2,1-4H3,(H,15,19)(H,17,18). The molecule has 0 aliphatic carbocycles. The summed E-state index contributed by atoms with van der Waals surface area (Å²) < 4.78 is 0. The van der Waals surface area contributed by atoms with Crippen LogP contribution in [0.4, 0.5) is 4.79 Å². The third-order valence-corrected chi connectivity index (χ3v) is 3.60. The summed E-state index contributed by atoms with van der Waals surface area (Å²) in [6.45, 7) is 9.35. The first-order chi connectivity index (χ1) is 8.72. The number of piperidine rings is 1. The van der Waals surface area contributed by atoms with E-state index in [9.17, 15) is 14.7 Å². The first-order valence-electron chi connectivity index (χ1n) is 6.99. The van der Waals surface area contributed by atoms with Gasteiger partial charge in [-0.3, -0.25) is 0 Å². The lowest BCUT2D eigenvalue weighted by atomic mass is 9.91. The topological polar surface area (TPSA) is 69.6 Å². The molecule has 5 nitrogen and oxygen atoms in total. The van der Waals surface area contributed by atoms with Crippen molar-refractivity contribution in [2.75, 3.05) is 13.1 Å². The molecule has 1 saturated heterocycles. The third kappa shape index (κ3) is 4.73. The second-order valence-corrected chi connectivity index (χ2v) is 6.64. The number of carboxylic acids is 1. The highest BCUT2D eigenvalue weighted by Gasteiger charge is 2.36. The number of nitrogens with zero attached hydrogens (tertiary/aromatic N) is 1. The van der Waals surface area contributed by atoms with Crippen LogP contribution in [0.3, 0.4) is 0 Å². The lowest BCUT2D eigenvalue weighted by molar-refractivity contribution is -0.145. The molecule has 1 fully saturated rings. The molecule has 0 aromatic carbocycles. The van der Waals surface area contributed by atoms with E-state index in [1.807, 2.05) is 6.92 Å². The number of nitrogens with one attached hydrogen (secondary N) is 1. The molecule has 0 aromatic rings.